The van der Waals surface area contributed by atoms with Crippen LogP contribution in [0, 0.1) is 13.8 Å². The van der Waals surface area contributed by atoms with Gasteiger partial charge in [-0.05, 0) is 49.9 Å². The maximum Gasteiger partial charge on any atom is 0.160 e. The first kappa shape index (κ1) is 10.9. The normalized spacial score (nSPS) is 12.9. The molecular weight excluding hydrogens is 178 g/mol. The summed E-state index contributed by atoms with van der Waals surface area (Å²) in [4.78, 5) is 0. The van der Waals surface area contributed by atoms with E-state index < -0.39 is 0 Å². The van der Waals surface area contributed by atoms with Crippen molar-refractivity contribution in [1.82, 2.24) is 0 Å². The topological polar surface area (TPSA) is 66.5 Å². The van der Waals surface area contributed by atoms with Gasteiger partial charge in [0.05, 0.1) is 0 Å². The van der Waals surface area contributed by atoms with Gasteiger partial charge < -0.3 is 15.9 Å². The average molecular weight is 195 g/mol. The van der Waals surface area contributed by atoms with Gasteiger partial charge in [0.1, 0.15) is 0 Å². The maximum absolute atomic E-state index is 9.46. The van der Waals surface area contributed by atoms with Crippen LogP contribution in [0.4, 0.5) is 0 Å². The fraction of sp³-hybridized carbons (Fsp3) is 0.455. The van der Waals surface area contributed by atoms with Gasteiger partial charge in [0.25, 0.3) is 0 Å². The van der Waals surface area contributed by atoms with Gasteiger partial charge in [-0.15, -0.1) is 0 Å². The summed E-state index contributed by atoms with van der Waals surface area (Å²) in [5.74, 6) is -0.0975. The fourth-order valence-electron chi connectivity index (χ4n) is 1.51. The molecule has 0 fully saturated rings. The largest absolute Gasteiger partial charge is 0.504 e. The third-order valence-corrected chi connectivity index (χ3v) is 2.49. The Morgan fingerprint density at radius 1 is 1.29 bits per heavy atom. The lowest BCUT2D eigenvalue weighted by Crippen LogP contribution is -2.18. The molecule has 1 unspecified atom stereocenters. The lowest BCUT2D eigenvalue weighted by molar-refractivity contribution is 0.399. The molecule has 4 N–H and O–H groups in total. The Morgan fingerprint density at radius 3 is 2.36 bits per heavy atom. The van der Waals surface area contributed by atoms with Crippen molar-refractivity contribution < 1.29 is 10.2 Å². The van der Waals surface area contributed by atoms with E-state index in [1.165, 1.54) is 0 Å². The van der Waals surface area contributed by atoms with Crippen LogP contribution >= 0.6 is 0 Å². The number of aromatic hydroxyl groups is 2. The first-order chi connectivity index (χ1) is 6.43. The highest BCUT2D eigenvalue weighted by Crippen LogP contribution is 2.33. The Labute approximate surface area is 84.2 Å². The van der Waals surface area contributed by atoms with Crippen LogP contribution in [0.1, 0.15) is 23.6 Å². The number of hydrogen-bond acceptors (Lipinski definition) is 3. The number of benzene rings is 1. The minimum atomic E-state index is -0.0660. The molecule has 1 atom stereocenters. The zero-order valence-electron chi connectivity index (χ0n) is 8.83. The Hall–Kier alpha value is -1.22. The SMILES string of the molecule is Cc1c(CC(C)N)cc(O)c(O)c1C. The molecule has 0 saturated heterocycles. The summed E-state index contributed by atoms with van der Waals surface area (Å²) >= 11 is 0. The molecule has 0 saturated carbocycles. The molecule has 14 heavy (non-hydrogen) atoms. The number of hydrogen-bond donors (Lipinski definition) is 3. The summed E-state index contributed by atoms with van der Waals surface area (Å²) < 4.78 is 0. The average Bonchev–Trinajstić information content (AvgIpc) is 2.10. The number of phenolic OH excluding ortho intramolecular Hbond substituents is 2. The highest BCUT2D eigenvalue weighted by molar-refractivity contribution is 5.51. The summed E-state index contributed by atoms with van der Waals surface area (Å²) in [5, 5.41) is 18.9. The summed E-state index contributed by atoms with van der Waals surface area (Å²) in [6.45, 7) is 5.62. The Morgan fingerprint density at radius 2 is 1.86 bits per heavy atom. The highest BCUT2D eigenvalue weighted by Gasteiger charge is 2.11. The molecule has 0 aliphatic rings. The van der Waals surface area contributed by atoms with Crippen LogP contribution in [0.3, 0.4) is 0 Å². The molecule has 0 bridgehead atoms. The molecule has 3 heteroatoms. The maximum atomic E-state index is 9.46. The van der Waals surface area contributed by atoms with Crippen LogP contribution in [0.15, 0.2) is 6.07 Å². The molecule has 1 aromatic rings. The van der Waals surface area contributed by atoms with Crippen molar-refractivity contribution in [1.29, 1.82) is 0 Å². The van der Waals surface area contributed by atoms with Gasteiger partial charge in [0.2, 0.25) is 0 Å². The number of rotatable bonds is 2. The third-order valence-electron chi connectivity index (χ3n) is 2.49. The van der Waals surface area contributed by atoms with Gasteiger partial charge in [0.15, 0.2) is 11.5 Å². The zero-order chi connectivity index (χ0) is 10.9. The highest BCUT2D eigenvalue weighted by atomic mass is 16.3. The standard InChI is InChI=1S/C11H17NO2/c1-6(12)4-9-5-10(13)11(14)8(3)7(9)2/h5-6,13-14H,4,12H2,1-3H3. The third kappa shape index (κ3) is 1.99. The molecular formula is C11H17NO2. The van der Waals surface area contributed by atoms with E-state index in [0.29, 0.717) is 6.42 Å². The predicted molar refractivity (Wildman–Crippen MR) is 56.6 cm³/mol. The molecule has 0 amide bonds. The van der Waals surface area contributed by atoms with Crippen molar-refractivity contribution >= 4 is 0 Å². The molecule has 0 heterocycles. The second kappa shape index (κ2) is 3.88. The second-order valence-electron chi connectivity index (χ2n) is 3.83. The quantitative estimate of drug-likeness (QED) is 0.628. The van der Waals surface area contributed by atoms with E-state index in [9.17, 15) is 10.2 Å². The molecule has 0 radical (unpaired) electrons. The zero-order valence-corrected chi connectivity index (χ0v) is 8.83. The number of nitrogens with two attached hydrogens (primary N) is 1. The molecule has 0 aliphatic carbocycles. The van der Waals surface area contributed by atoms with E-state index >= 15 is 0 Å². The lowest BCUT2D eigenvalue weighted by atomic mass is 9.97. The summed E-state index contributed by atoms with van der Waals surface area (Å²) in [5.41, 5.74) is 8.40. The minimum Gasteiger partial charge on any atom is -0.504 e. The van der Waals surface area contributed by atoms with Crippen molar-refractivity contribution in [2.45, 2.75) is 33.2 Å². The van der Waals surface area contributed by atoms with Gasteiger partial charge in [0, 0.05) is 6.04 Å². The minimum absolute atomic E-state index is 0.0316. The van der Waals surface area contributed by atoms with Gasteiger partial charge >= 0.3 is 0 Å². The molecule has 0 spiro atoms. The van der Waals surface area contributed by atoms with Crippen LogP contribution in [-0.2, 0) is 6.42 Å². The monoisotopic (exact) mass is 195 g/mol. The predicted octanol–water partition coefficient (Wildman–Crippen LogP) is 1.60. The lowest BCUT2D eigenvalue weighted by Gasteiger charge is -2.13. The van der Waals surface area contributed by atoms with Crippen molar-refractivity contribution in [2.75, 3.05) is 0 Å². The Kier molecular flexibility index (Phi) is 3.01. The summed E-state index contributed by atoms with van der Waals surface area (Å²) in [7, 11) is 0. The van der Waals surface area contributed by atoms with Crippen LogP contribution < -0.4 is 5.73 Å². The molecule has 78 valence electrons. The van der Waals surface area contributed by atoms with Crippen molar-refractivity contribution in [3.63, 3.8) is 0 Å². The van der Waals surface area contributed by atoms with Crippen LogP contribution in [0.2, 0.25) is 0 Å². The van der Waals surface area contributed by atoms with E-state index in [1.54, 1.807) is 13.0 Å². The summed E-state index contributed by atoms with van der Waals surface area (Å²) in [6, 6.07) is 1.64. The molecule has 3 nitrogen and oxygen atoms in total. The second-order valence-corrected chi connectivity index (χ2v) is 3.83. The van der Waals surface area contributed by atoms with Gasteiger partial charge in [-0.2, -0.15) is 0 Å². The van der Waals surface area contributed by atoms with E-state index in [-0.39, 0.29) is 17.5 Å². The molecule has 0 aliphatic heterocycles. The van der Waals surface area contributed by atoms with Gasteiger partial charge in [-0.1, -0.05) is 0 Å². The molecule has 0 aromatic heterocycles. The van der Waals surface area contributed by atoms with Crippen LogP contribution in [0.25, 0.3) is 0 Å². The smallest absolute Gasteiger partial charge is 0.160 e. The first-order valence-corrected chi connectivity index (χ1v) is 4.70. The van der Waals surface area contributed by atoms with Crippen molar-refractivity contribution in [2.24, 2.45) is 5.73 Å². The van der Waals surface area contributed by atoms with Crippen LogP contribution in [-0.4, -0.2) is 16.3 Å². The van der Waals surface area contributed by atoms with E-state index in [1.807, 2.05) is 13.8 Å². The number of phenols is 2. The molecule has 1 aromatic carbocycles. The van der Waals surface area contributed by atoms with E-state index in [4.69, 9.17) is 5.73 Å². The summed E-state index contributed by atoms with van der Waals surface area (Å²) in [6.07, 6.45) is 0.709. The molecule has 1 rings (SSSR count). The van der Waals surface area contributed by atoms with Crippen molar-refractivity contribution in [3.8, 4) is 11.5 Å². The van der Waals surface area contributed by atoms with E-state index in [2.05, 4.69) is 0 Å². The Balaban J connectivity index is 3.19. The first-order valence-electron chi connectivity index (χ1n) is 4.70. The van der Waals surface area contributed by atoms with Gasteiger partial charge in [-0.25, -0.2) is 0 Å². The fourth-order valence-corrected chi connectivity index (χ4v) is 1.51. The van der Waals surface area contributed by atoms with Crippen molar-refractivity contribution in [3.05, 3.63) is 22.8 Å². The van der Waals surface area contributed by atoms with Crippen LogP contribution in [0.5, 0.6) is 11.5 Å². The Bertz CT molecular complexity index is 346. The van der Waals surface area contributed by atoms with E-state index in [0.717, 1.165) is 16.7 Å². The van der Waals surface area contributed by atoms with Gasteiger partial charge in [-0.3, -0.25) is 0 Å².